The molecule has 4 N–H and O–H groups in total. The fraction of sp³-hybridized carbons (Fsp3) is 0.429. The molecule has 1 fully saturated rings. The fourth-order valence-corrected chi connectivity index (χ4v) is 2.46. The Kier molecular flexibility index (Phi) is 4.36. The number of carboxylic acids is 1. The summed E-state index contributed by atoms with van der Waals surface area (Å²) in [7, 11) is 0. The van der Waals surface area contributed by atoms with Gasteiger partial charge in [0.2, 0.25) is 5.91 Å². The maximum Gasteiger partial charge on any atom is 0.326 e. The predicted molar refractivity (Wildman–Crippen MR) is 71.9 cm³/mol. The standard InChI is InChI=1S/C14H18N2O4/c15-11(6-9-4-2-1-3-5-9)13(18)16-8-10(17)7-12(16)14(19)20/h1-5,10-12,17H,6-8,15H2,(H,19,20)/t10-,11?,12-/m0/s1. The number of aliphatic carboxylic acids is 1. The third-order valence-electron chi connectivity index (χ3n) is 3.46. The molecule has 108 valence electrons. The monoisotopic (exact) mass is 278 g/mol. The number of nitrogens with zero attached hydrogens (tertiary/aromatic N) is 1. The lowest BCUT2D eigenvalue weighted by Crippen LogP contribution is -2.49. The van der Waals surface area contributed by atoms with Crippen molar-refractivity contribution < 1.29 is 19.8 Å². The fourth-order valence-electron chi connectivity index (χ4n) is 2.46. The van der Waals surface area contributed by atoms with Crippen LogP contribution in [0.3, 0.4) is 0 Å². The number of carbonyl (C=O) groups is 2. The number of carbonyl (C=O) groups excluding carboxylic acids is 1. The van der Waals surface area contributed by atoms with Crippen molar-refractivity contribution in [2.75, 3.05) is 6.54 Å². The third-order valence-corrected chi connectivity index (χ3v) is 3.46. The number of amides is 1. The number of carboxylic acid groups (broad SMARTS) is 1. The number of likely N-dealkylation sites (tertiary alicyclic amines) is 1. The van der Waals surface area contributed by atoms with E-state index in [2.05, 4.69) is 0 Å². The SMILES string of the molecule is NC(Cc1ccccc1)C(=O)N1C[C@@H](O)C[C@H]1C(=O)O. The van der Waals surface area contributed by atoms with Crippen molar-refractivity contribution >= 4 is 11.9 Å². The second-order valence-corrected chi connectivity index (χ2v) is 5.03. The number of aliphatic hydroxyl groups is 1. The zero-order chi connectivity index (χ0) is 14.7. The van der Waals surface area contributed by atoms with Gasteiger partial charge in [0.1, 0.15) is 6.04 Å². The van der Waals surface area contributed by atoms with Crippen LogP contribution in [0.1, 0.15) is 12.0 Å². The number of β-amino-alcohol motifs (C(OH)–C–C–N with tert-alkyl or cyclic N) is 1. The molecule has 1 aromatic carbocycles. The summed E-state index contributed by atoms with van der Waals surface area (Å²) in [5, 5.41) is 18.6. The number of hydrogen-bond donors (Lipinski definition) is 3. The van der Waals surface area contributed by atoms with Gasteiger partial charge in [0.05, 0.1) is 12.1 Å². The Hall–Kier alpha value is -1.92. The van der Waals surface area contributed by atoms with Crippen LogP contribution < -0.4 is 5.73 Å². The van der Waals surface area contributed by atoms with Crippen molar-refractivity contribution in [3.05, 3.63) is 35.9 Å². The Balaban J connectivity index is 2.04. The van der Waals surface area contributed by atoms with Crippen molar-refractivity contribution in [3.8, 4) is 0 Å². The van der Waals surface area contributed by atoms with Crippen molar-refractivity contribution in [2.24, 2.45) is 5.73 Å². The topological polar surface area (TPSA) is 104 Å². The predicted octanol–water partition coefficient (Wildman–Crippen LogP) is -0.397. The molecule has 0 spiro atoms. The van der Waals surface area contributed by atoms with Crippen LogP contribution in [0.25, 0.3) is 0 Å². The molecule has 1 heterocycles. The molecule has 3 atom stereocenters. The molecule has 1 unspecified atom stereocenters. The van der Waals surface area contributed by atoms with E-state index in [0.717, 1.165) is 5.56 Å². The maximum absolute atomic E-state index is 12.2. The van der Waals surface area contributed by atoms with Crippen LogP contribution in [0, 0.1) is 0 Å². The molecule has 1 amide bonds. The highest BCUT2D eigenvalue weighted by molar-refractivity contribution is 5.87. The number of hydrogen-bond acceptors (Lipinski definition) is 4. The van der Waals surface area contributed by atoms with Gasteiger partial charge in [-0.05, 0) is 12.0 Å². The molecule has 6 heteroatoms. The average molecular weight is 278 g/mol. The zero-order valence-electron chi connectivity index (χ0n) is 11.0. The van der Waals surface area contributed by atoms with E-state index in [1.807, 2.05) is 30.3 Å². The molecule has 0 bridgehead atoms. The van der Waals surface area contributed by atoms with E-state index in [9.17, 15) is 14.7 Å². The molecule has 6 nitrogen and oxygen atoms in total. The first-order valence-corrected chi connectivity index (χ1v) is 6.50. The van der Waals surface area contributed by atoms with Gasteiger partial charge in [0, 0.05) is 13.0 Å². The lowest BCUT2D eigenvalue weighted by molar-refractivity contribution is -0.148. The second kappa shape index (κ2) is 6.02. The second-order valence-electron chi connectivity index (χ2n) is 5.03. The lowest BCUT2D eigenvalue weighted by Gasteiger charge is -2.24. The smallest absolute Gasteiger partial charge is 0.326 e. The summed E-state index contributed by atoms with van der Waals surface area (Å²) >= 11 is 0. The Labute approximate surface area is 116 Å². The molecule has 0 aliphatic carbocycles. The Morgan fingerprint density at radius 3 is 2.60 bits per heavy atom. The van der Waals surface area contributed by atoms with E-state index in [1.165, 1.54) is 4.90 Å². The molecule has 0 saturated carbocycles. The summed E-state index contributed by atoms with van der Waals surface area (Å²) in [6.07, 6.45) is -0.401. The molecular weight excluding hydrogens is 260 g/mol. The summed E-state index contributed by atoms with van der Waals surface area (Å²) < 4.78 is 0. The molecule has 1 aliphatic rings. The summed E-state index contributed by atoms with van der Waals surface area (Å²) in [6, 6.07) is 7.51. The molecule has 0 aromatic heterocycles. The third kappa shape index (κ3) is 3.15. The normalized spacial score (nSPS) is 23.6. The number of nitrogens with two attached hydrogens (primary N) is 1. The van der Waals surface area contributed by atoms with Crippen LogP contribution in [0.5, 0.6) is 0 Å². The Morgan fingerprint density at radius 1 is 1.35 bits per heavy atom. The van der Waals surface area contributed by atoms with Crippen LogP contribution in [0.2, 0.25) is 0 Å². The first-order chi connectivity index (χ1) is 9.49. The first-order valence-electron chi connectivity index (χ1n) is 6.50. The van der Waals surface area contributed by atoms with Gasteiger partial charge in [-0.25, -0.2) is 4.79 Å². The van der Waals surface area contributed by atoms with Gasteiger partial charge >= 0.3 is 5.97 Å². The van der Waals surface area contributed by atoms with E-state index in [4.69, 9.17) is 10.8 Å². The number of benzene rings is 1. The van der Waals surface area contributed by atoms with Crippen LogP contribution in [0.15, 0.2) is 30.3 Å². The summed E-state index contributed by atoms with van der Waals surface area (Å²) in [5.74, 6) is -1.54. The molecule has 1 aromatic rings. The van der Waals surface area contributed by atoms with Crippen LogP contribution >= 0.6 is 0 Å². The number of rotatable bonds is 4. The largest absolute Gasteiger partial charge is 0.480 e. The van der Waals surface area contributed by atoms with E-state index >= 15 is 0 Å². The molecule has 20 heavy (non-hydrogen) atoms. The highest BCUT2D eigenvalue weighted by Crippen LogP contribution is 2.19. The summed E-state index contributed by atoms with van der Waals surface area (Å²) in [5.41, 5.74) is 6.79. The van der Waals surface area contributed by atoms with Gasteiger partial charge in [0.15, 0.2) is 0 Å². The maximum atomic E-state index is 12.2. The van der Waals surface area contributed by atoms with Crippen molar-refractivity contribution in [2.45, 2.75) is 31.0 Å². The summed E-state index contributed by atoms with van der Waals surface area (Å²) in [6.45, 7) is 0.0261. The van der Waals surface area contributed by atoms with E-state index in [-0.39, 0.29) is 13.0 Å². The molecular formula is C14H18N2O4. The minimum atomic E-state index is -1.11. The highest BCUT2D eigenvalue weighted by atomic mass is 16.4. The van der Waals surface area contributed by atoms with Crippen LogP contribution in [0.4, 0.5) is 0 Å². The van der Waals surface area contributed by atoms with E-state index in [1.54, 1.807) is 0 Å². The summed E-state index contributed by atoms with van der Waals surface area (Å²) in [4.78, 5) is 24.5. The van der Waals surface area contributed by atoms with Crippen molar-refractivity contribution in [1.29, 1.82) is 0 Å². The van der Waals surface area contributed by atoms with Gasteiger partial charge in [-0.15, -0.1) is 0 Å². The van der Waals surface area contributed by atoms with Gasteiger partial charge < -0.3 is 20.8 Å². The van der Waals surface area contributed by atoms with Gasteiger partial charge in [-0.1, -0.05) is 30.3 Å². The molecule has 1 saturated heterocycles. The molecule has 1 aliphatic heterocycles. The minimum absolute atomic E-state index is 0.0261. The average Bonchev–Trinajstić information content (AvgIpc) is 2.81. The zero-order valence-corrected chi connectivity index (χ0v) is 11.0. The van der Waals surface area contributed by atoms with Gasteiger partial charge in [-0.2, -0.15) is 0 Å². The molecule has 2 rings (SSSR count). The van der Waals surface area contributed by atoms with Crippen LogP contribution in [-0.4, -0.2) is 51.7 Å². The lowest BCUT2D eigenvalue weighted by atomic mass is 10.1. The Morgan fingerprint density at radius 2 is 2.00 bits per heavy atom. The Bertz CT molecular complexity index is 491. The molecule has 0 radical (unpaired) electrons. The van der Waals surface area contributed by atoms with Crippen molar-refractivity contribution in [3.63, 3.8) is 0 Å². The number of aliphatic hydroxyl groups excluding tert-OH is 1. The van der Waals surface area contributed by atoms with Gasteiger partial charge in [-0.3, -0.25) is 4.79 Å². The van der Waals surface area contributed by atoms with Crippen LogP contribution in [-0.2, 0) is 16.0 Å². The van der Waals surface area contributed by atoms with Gasteiger partial charge in [0.25, 0.3) is 0 Å². The first kappa shape index (κ1) is 14.5. The van der Waals surface area contributed by atoms with E-state index < -0.39 is 30.1 Å². The quantitative estimate of drug-likeness (QED) is 0.695. The minimum Gasteiger partial charge on any atom is -0.480 e. The highest BCUT2D eigenvalue weighted by Gasteiger charge is 2.40. The van der Waals surface area contributed by atoms with E-state index in [0.29, 0.717) is 6.42 Å². The van der Waals surface area contributed by atoms with Crippen molar-refractivity contribution in [1.82, 2.24) is 4.90 Å².